The first-order valence-corrected chi connectivity index (χ1v) is 8.38. The molecule has 1 aliphatic carbocycles. The van der Waals surface area contributed by atoms with E-state index in [9.17, 15) is 14.0 Å². The lowest BCUT2D eigenvalue weighted by Gasteiger charge is -2.22. The molecule has 24 heavy (non-hydrogen) atoms. The average Bonchev–Trinajstić information content (AvgIpc) is 3.36. The SMILES string of the molecule is CCOC(=O)CCN(CC1CC1)C(=O)COc1ccc(F)c(Cl)c1. The van der Waals surface area contributed by atoms with Crippen molar-refractivity contribution >= 4 is 23.5 Å². The van der Waals surface area contributed by atoms with Gasteiger partial charge in [0.15, 0.2) is 6.61 Å². The molecule has 0 N–H and O–H groups in total. The lowest BCUT2D eigenvalue weighted by Crippen LogP contribution is -2.38. The minimum Gasteiger partial charge on any atom is -0.484 e. The second kappa shape index (κ2) is 8.87. The number of ether oxygens (including phenoxy) is 2. The minimum absolute atomic E-state index is 0.0582. The van der Waals surface area contributed by atoms with Crippen LogP contribution in [0.4, 0.5) is 4.39 Å². The maximum atomic E-state index is 13.1. The van der Waals surface area contributed by atoms with E-state index in [1.54, 1.807) is 11.8 Å². The van der Waals surface area contributed by atoms with Crippen molar-refractivity contribution < 1.29 is 23.5 Å². The van der Waals surface area contributed by atoms with Crippen LogP contribution < -0.4 is 4.74 Å². The Labute approximate surface area is 145 Å². The molecule has 1 aromatic carbocycles. The van der Waals surface area contributed by atoms with Crippen LogP contribution in [0.5, 0.6) is 5.75 Å². The fourth-order valence-electron chi connectivity index (χ4n) is 2.19. The normalized spacial score (nSPS) is 13.5. The number of amides is 1. The van der Waals surface area contributed by atoms with Gasteiger partial charge < -0.3 is 14.4 Å². The number of hydrogen-bond acceptors (Lipinski definition) is 4. The van der Waals surface area contributed by atoms with Crippen molar-refractivity contribution in [2.75, 3.05) is 26.3 Å². The van der Waals surface area contributed by atoms with E-state index in [-0.39, 0.29) is 29.9 Å². The lowest BCUT2D eigenvalue weighted by atomic mass is 10.3. The van der Waals surface area contributed by atoms with Gasteiger partial charge in [0.05, 0.1) is 18.1 Å². The zero-order chi connectivity index (χ0) is 17.5. The molecule has 0 saturated heterocycles. The van der Waals surface area contributed by atoms with Crippen LogP contribution in [0.25, 0.3) is 0 Å². The molecule has 0 radical (unpaired) electrons. The largest absolute Gasteiger partial charge is 0.484 e. The lowest BCUT2D eigenvalue weighted by molar-refractivity contribution is -0.144. The first-order valence-electron chi connectivity index (χ1n) is 8.00. The third-order valence-corrected chi connectivity index (χ3v) is 3.96. The van der Waals surface area contributed by atoms with Crippen molar-refractivity contribution in [3.05, 3.63) is 29.0 Å². The van der Waals surface area contributed by atoms with Crippen molar-refractivity contribution in [1.82, 2.24) is 4.90 Å². The molecule has 0 aromatic heterocycles. The molecule has 1 amide bonds. The Balaban J connectivity index is 1.86. The number of halogens is 2. The van der Waals surface area contributed by atoms with Gasteiger partial charge in [-0.15, -0.1) is 0 Å². The molecule has 0 atom stereocenters. The Hall–Kier alpha value is -1.82. The van der Waals surface area contributed by atoms with E-state index >= 15 is 0 Å². The standard InChI is InChI=1S/C17H21ClFNO4/c1-2-23-17(22)7-8-20(10-12-3-4-12)16(21)11-24-13-5-6-15(19)14(18)9-13/h5-6,9,12H,2-4,7-8,10-11H2,1H3. The van der Waals surface area contributed by atoms with Crippen LogP contribution in [0.3, 0.4) is 0 Å². The quantitative estimate of drug-likeness (QED) is 0.637. The first kappa shape index (κ1) is 18.5. The number of rotatable bonds is 9. The zero-order valence-corrected chi connectivity index (χ0v) is 14.4. The molecule has 1 fully saturated rings. The van der Waals surface area contributed by atoms with Gasteiger partial charge in [0.1, 0.15) is 11.6 Å². The summed E-state index contributed by atoms with van der Waals surface area (Å²) in [6.45, 7) is 2.81. The van der Waals surface area contributed by atoms with Crippen LogP contribution in [0.2, 0.25) is 5.02 Å². The molecule has 7 heteroatoms. The van der Waals surface area contributed by atoms with E-state index in [0.717, 1.165) is 12.8 Å². The molecule has 5 nitrogen and oxygen atoms in total. The zero-order valence-electron chi connectivity index (χ0n) is 13.6. The van der Waals surface area contributed by atoms with Crippen molar-refractivity contribution in [3.8, 4) is 5.75 Å². The van der Waals surface area contributed by atoms with Gasteiger partial charge in [-0.25, -0.2) is 4.39 Å². The molecule has 0 unspecified atom stereocenters. The van der Waals surface area contributed by atoms with Gasteiger partial charge in [-0.1, -0.05) is 11.6 Å². The van der Waals surface area contributed by atoms with Crippen LogP contribution in [0.15, 0.2) is 18.2 Å². The van der Waals surface area contributed by atoms with Crippen molar-refractivity contribution in [2.45, 2.75) is 26.2 Å². The number of benzene rings is 1. The predicted octanol–water partition coefficient (Wildman–Crippen LogP) is 3.05. The fourth-order valence-corrected chi connectivity index (χ4v) is 2.36. The van der Waals surface area contributed by atoms with Crippen molar-refractivity contribution in [2.24, 2.45) is 5.92 Å². The number of carbonyl (C=O) groups is 2. The molecule has 0 heterocycles. The number of nitrogens with zero attached hydrogens (tertiary/aromatic N) is 1. The van der Waals surface area contributed by atoms with Crippen LogP contribution in [-0.2, 0) is 14.3 Å². The maximum Gasteiger partial charge on any atom is 0.307 e. The van der Waals surface area contributed by atoms with Gasteiger partial charge in [-0.2, -0.15) is 0 Å². The summed E-state index contributed by atoms with van der Waals surface area (Å²) in [5, 5.41) is -0.0582. The molecule has 1 saturated carbocycles. The highest BCUT2D eigenvalue weighted by Crippen LogP contribution is 2.30. The van der Waals surface area contributed by atoms with Gasteiger partial charge in [-0.3, -0.25) is 9.59 Å². The summed E-state index contributed by atoms with van der Waals surface area (Å²) in [6.07, 6.45) is 2.35. The van der Waals surface area contributed by atoms with E-state index in [1.807, 2.05) is 0 Å². The summed E-state index contributed by atoms with van der Waals surface area (Å²) in [5.41, 5.74) is 0. The van der Waals surface area contributed by atoms with E-state index < -0.39 is 5.82 Å². The van der Waals surface area contributed by atoms with Gasteiger partial charge >= 0.3 is 5.97 Å². The van der Waals surface area contributed by atoms with Crippen molar-refractivity contribution in [3.63, 3.8) is 0 Å². The highest BCUT2D eigenvalue weighted by molar-refractivity contribution is 6.30. The van der Waals surface area contributed by atoms with Gasteiger partial charge in [0.2, 0.25) is 0 Å². The molecule has 0 spiro atoms. The Morgan fingerprint density at radius 1 is 1.38 bits per heavy atom. The Morgan fingerprint density at radius 2 is 2.12 bits per heavy atom. The van der Waals surface area contributed by atoms with Crippen LogP contribution in [0.1, 0.15) is 26.2 Å². The van der Waals surface area contributed by atoms with Gasteiger partial charge in [-0.05, 0) is 37.8 Å². The third kappa shape index (κ3) is 6.00. The number of carbonyl (C=O) groups excluding carboxylic acids is 2. The van der Waals surface area contributed by atoms with Crippen LogP contribution in [0, 0.1) is 11.7 Å². The molecule has 1 aromatic rings. The molecule has 0 bridgehead atoms. The average molecular weight is 358 g/mol. The third-order valence-electron chi connectivity index (χ3n) is 3.67. The summed E-state index contributed by atoms with van der Waals surface area (Å²) in [7, 11) is 0. The van der Waals surface area contributed by atoms with Crippen LogP contribution in [-0.4, -0.2) is 43.1 Å². The number of esters is 1. The Morgan fingerprint density at radius 3 is 2.75 bits per heavy atom. The Kier molecular flexibility index (Phi) is 6.85. The fraction of sp³-hybridized carbons (Fsp3) is 0.529. The maximum absolute atomic E-state index is 13.1. The van der Waals surface area contributed by atoms with Crippen LogP contribution >= 0.6 is 11.6 Å². The monoisotopic (exact) mass is 357 g/mol. The molecule has 2 rings (SSSR count). The summed E-state index contributed by atoms with van der Waals surface area (Å²) in [6, 6.07) is 3.93. The molecular weight excluding hydrogens is 337 g/mol. The van der Waals surface area contributed by atoms with E-state index in [2.05, 4.69) is 0 Å². The second-order valence-electron chi connectivity index (χ2n) is 5.70. The molecular formula is C17H21ClFNO4. The van der Waals surface area contributed by atoms with Gasteiger partial charge in [0, 0.05) is 19.2 Å². The summed E-state index contributed by atoms with van der Waals surface area (Å²) in [4.78, 5) is 25.4. The van der Waals surface area contributed by atoms with Gasteiger partial charge in [0.25, 0.3) is 5.91 Å². The molecule has 0 aliphatic heterocycles. The van der Waals surface area contributed by atoms with E-state index in [4.69, 9.17) is 21.1 Å². The number of hydrogen-bond donors (Lipinski definition) is 0. The van der Waals surface area contributed by atoms with E-state index in [0.29, 0.717) is 31.4 Å². The van der Waals surface area contributed by atoms with E-state index in [1.165, 1.54) is 18.2 Å². The predicted molar refractivity (Wildman–Crippen MR) is 87.5 cm³/mol. The minimum atomic E-state index is -0.542. The Bertz CT molecular complexity index is 592. The summed E-state index contributed by atoms with van der Waals surface area (Å²) in [5.74, 6) is -0.257. The molecule has 132 valence electrons. The smallest absolute Gasteiger partial charge is 0.307 e. The highest BCUT2D eigenvalue weighted by atomic mass is 35.5. The first-order chi connectivity index (χ1) is 11.5. The second-order valence-corrected chi connectivity index (χ2v) is 6.11. The van der Waals surface area contributed by atoms with Crippen molar-refractivity contribution in [1.29, 1.82) is 0 Å². The summed E-state index contributed by atoms with van der Waals surface area (Å²) < 4.78 is 23.4. The topological polar surface area (TPSA) is 55.8 Å². The highest BCUT2D eigenvalue weighted by Gasteiger charge is 2.27. The summed E-state index contributed by atoms with van der Waals surface area (Å²) >= 11 is 5.68. The molecule has 1 aliphatic rings.